The molecule has 1 aliphatic rings. The monoisotopic (exact) mass is 490 g/mol. The summed E-state index contributed by atoms with van der Waals surface area (Å²) in [4.78, 5) is 13.4. The van der Waals surface area contributed by atoms with E-state index in [2.05, 4.69) is 0 Å². The van der Waals surface area contributed by atoms with E-state index in [1.165, 1.54) is 6.07 Å². The minimum atomic E-state index is -0.680. The second-order valence-electron chi connectivity index (χ2n) is 9.39. The smallest absolute Gasteiger partial charge is 0.167 e. The molecular weight excluding hydrogens is 459 g/mol. The molecule has 0 heterocycles. The van der Waals surface area contributed by atoms with Gasteiger partial charge in [-0.3, -0.25) is 4.79 Å². The van der Waals surface area contributed by atoms with E-state index in [-0.39, 0.29) is 36.7 Å². The Labute approximate surface area is 212 Å². The van der Waals surface area contributed by atoms with E-state index in [4.69, 9.17) is 17.0 Å². The van der Waals surface area contributed by atoms with Gasteiger partial charge in [0.1, 0.15) is 5.82 Å². The van der Waals surface area contributed by atoms with Crippen molar-refractivity contribution in [2.45, 2.75) is 50.2 Å². The number of aliphatic hydroxyl groups excluding tert-OH is 1. The number of Topliss-reactive ketones (excluding diaryl/α,β-unsaturated/α-hetero) is 1. The normalized spacial score (nSPS) is 22.0. The second kappa shape index (κ2) is 11.8. The van der Waals surface area contributed by atoms with Crippen LogP contribution in [0.3, 0.4) is 0 Å². The van der Waals surface area contributed by atoms with Crippen molar-refractivity contribution in [1.82, 2.24) is 0 Å². The number of rotatable bonds is 10. The lowest BCUT2D eigenvalue weighted by Gasteiger charge is -2.47. The predicted molar refractivity (Wildman–Crippen MR) is 140 cm³/mol. The summed E-state index contributed by atoms with van der Waals surface area (Å²) in [6.07, 6.45) is 2.42. The quantitative estimate of drug-likeness (QED) is 0.261. The van der Waals surface area contributed by atoms with Crippen molar-refractivity contribution in [3.63, 3.8) is 0 Å². The molecule has 0 amide bonds. The molecule has 0 spiro atoms. The predicted octanol–water partition coefficient (Wildman–Crippen LogP) is 6.47. The van der Waals surface area contributed by atoms with Crippen molar-refractivity contribution >= 4 is 22.9 Å². The lowest BCUT2D eigenvalue weighted by molar-refractivity contribution is -0.0337. The molecule has 0 radical (unpaired) electrons. The SMILES string of the molecule is O=C(CC(=S)C[C@@]1(c2ccccc2F)CC[C@H](OCc2ccccc2)C[C@H]1CO)c1ccccc1. The summed E-state index contributed by atoms with van der Waals surface area (Å²) in [5.41, 5.74) is 1.60. The van der Waals surface area contributed by atoms with Crippen LogP contribution in [0.4, 0.5) is 4.39 Å². The molecule has 3 atom stereocenters. The van der Waals surface area contributed by atoms with Gasteiger partial charge < -0.3 is 9.84 Å². The van der Waals surface area contributed by atoms with Gasteiger partial charge >= 0.3 is 0 Å². The standard InChI is InChI=1S/C30H31FO3S/c31-28-14-8-7-13-27(28)30(19-26(35)18-29(33)23-11-5-2-6-12-23)16-15-25(17-24(30)20-32)34-21-22-9-3-1-4-10-22/h1-14,24-25,32H,15-21H2/t24-,25-,30-/m0/s1. The summed E-state index contributed by atoms with van der Waals surface area (Å²) >= 11 is 5.72. The molecule has 4 rings (SSSR count). The van der Waals surface area contributed by atoms with Crippen molar-refractivity contribution in [3.05, 3.63) is 107 Å². The fourth-order valence-corrected chi connectivity index (χ4v) is 5.73. The molecule has 5 heteroatoms. The van der Waals surface area contributed by atoms with E-state index in [0.29, 0.717) is 41.9 Å². The van der Waals surface area contributed by atoms with Crippen LogP contribution in [0.5, 0.6) is 0 Å². The summed E-state index contributed by atoms with van der Waals surface area (Å²) < 4.78 is 21.3. The lowest BCUT2D eigenvalue weighted by Crippen LogP contribution is -2.46. The molecular formula is C30H31FO3S. The molecule has 3 aromatic rings. The Kier molecular flexibility index (Phi) is 8.55. The van der Waals surface area contributed by atoms with E-state index in [0.717, 1.165) is 12.0 Å². The molecule has 1 saturated carbocycles. The maximum Gasteiger partial charge on any atom is 0.167 e. The Morgan fingerprint density at radius 3 is 2.34 bits per heavy atom. The van der Waals surface area contributed by atoms with E-state index in [1.807, 2.05) is 54.6 Å². The third-order valence-electron chi connectivity index (χ3n) is 7.17. The van der Waals surface area contributed by atoms with Gasteiger partial charge in [0, 0.05) is 28.9 Å². The van der Waals surface area contributed by atoms with E-state index < -0.39 is 5.41 Å². The van der Waals surface area contributed by atoms with Crippen LogP contribution in [-0.2, 0) is 16.8 Å². The van der Waals surface area contributed by atoms with Crippen LogP contribution in [0.2, 0.25) is 0 Å². The lowest BCUT2D eigenvalue weighted by atomic mass is 9.59. The Balaban J connectivity index is 1.54. The number of benzene rings is 3. The molecule has 0 aromatic heterocycles. The molecule has 0 bridgehead atoms. The number of ether oxygens (including phenoxy) is 1. The molecule has 1 N–H and O–H groups in total. The van der Waals surface area contributed by atoms with Gasteiger partial charge in [0.15, 0.2) is 5.78 Å². The van der Waals surface area contributed by atoms with Gasteiger partial charge in [-0.2, -0.15) is 0 Å². The average Bonchev–Trinajstić information content (AvgIpc) is 2.89. The molecule has 3 nitrogen and oxygen atoms in total. The minimum absolute atomic E-state index is 0.0354. The van der Waals surface area contributed by atoms with Crippen LogP contribution in [0.25, 0.3) is 0 Å². The molecule has 3 aromatic carbocycles. The average molecular weight is 491 g/mol. The van der Waals surface area contributed by atoms with Crippen molar-refractivity contribution < 1.29 is 19.0 Å². The highest BCUT2D eigenvalue weighted by molar-refractivity contribution is 7.80. The maximum atomic E-state index is 15.2. The van der Waals surface area contributed by atoms with Gasteiger partial charge in [0.25, 0.3) is 0 Å². The second-order valence-corrected chi connectivity index (χ2v) is 9.97. The van der Waals surface area contributed by atoms with Gasteiger partial charge in [-0.15, -0.1) is 0 Å². The molecule has 0 saturated heterocycles. The van der Waals surface area contributed by atoms with Gasteiger partial charge in [-0.05, 0) is 48.8 Å². The Morgan fingerprint density at radius 1 is 1.00 bits per heavy atom. The van der Waals surface area contributed by atoms with E-state index in [1.54, 1.807) is 24.3 Å². The van der Waals surface area contributed by atoms with Crippen LogP contribution in [0.15, 0.2) is 84.9 Å². The molecule has 0 aliphatic heterocycles. The summed E-state index contributed by atoms with van der Waals surface area (Å²) in [6, 6.07) is 25.8. The highest BCUT2D eigenvalue weighted by atomic mass is 32.1. The number of thiocarbonyl (C=S) groups is 1. The molecule has 0 unspecified atom stereocenters. The molecule has 1 fully saturated rings. The zero-order chi connectivity index (χ0) is 24.7. The summed E-state index contributed by atoms with van der Waals surface area (Å²) in [5, 5.41) is 10.5. The molecule has 1 aliphatic carbocycles. The van der Waals surface area contributed by atoms with Crippen molar-refractivity contribution in [1.29, 1.82) is 0 Å². The zero-order valence-electron chi connectivity index (χ0n) is 19.7. The van der Waals surface area contributed by atoms with Gasteiger partial charge in [0.05, 0.1) is 12.7 Å². The Morgan fingerprint density at radius 2 is 1.66 bits per heavy atom. The number of carbonyl (C=O) groups is 1. The highest BCUT2D eigenvalue weighted by Crippen LogP contribution is 2.48. The first-order valence-corrected chi connectivity index (χ1v) is 12.5. The van der Waals surface area contributed by atoms with Gasteiger partial charge in [0.2, 0.25) is 0 Å². The fourth-order valence-electron chi connectivity index (χ4n) is 5.34. The summed E-state index contributed by atoms with van der Waals surface area (Å²) in [7, 11) is 0. The molecule has 182 valence electrons. The van der Waals surface area contributed by atoms with Gasteiger partial charge in [-0.1, -0.05) is 91.1 Å². The first-order valence-electron chi connectivity index (χ1n) is 12.1. The van der Waals surface area contributed by atoms with Crippen LogP contribution in [-0.4, -0.2) is 28.5 Å². The van der Waals surface area contributed by atoms with E-state index in [9.17, 15) is 9.90 Å². The number of ketones is 1. The topological polar surface area (TPSA) is 46.5 Å². The fraction of sp³-hybridized carbons (Fsp3) is 0.333. The first kappa shape index (κ1) is 25.4. The number of hydrogen-bond acceptors (Lipinski definition) is 4. The summed E-state index contributed by atoms with van der Waals surface area (Å²) in [6.45, 7) is 0.398. The van der Waals surface area contributed by atoms with Crippen LogP contribution in [0.1, 0.15) is 53.6 Å². The van der Waals surface area contributed by atoms with Crippen LogP contribution < -0.4 is 0 Å². The van der Waals surface area contributed by atoms with Crippen molar-refractivity contribution in [2.24, 2.45) is 5.92 Å². The third-order valence-corrected chi connectivity index (χ3v) is 7.46. The van der Waals surface area contributed by atoms with E-state index >= 15 is 4.39 Å². The van der Waals surface area contributed by atoms with Gasteiger partial charge in [-0.25, -0.2) is 4.39 Å². The number of aliphatic hydroxyl groups is 1. The van der Waals surface area contributed by atoms with Crippen molar-refractivity contribution in [2.75, 3.05) is 6.61 Å². The minimum Gasteiger partial charge on any atom is -0.396 e. The van der Waals surface area contributed by atoms with Crippen molar-refractivity contribution in [3.8, 4) is 0 Å². The Hall–Kier alpha value is -2.73. The van der Waals surface area contributed by atoms with Crippen LogP contribution >= 0.6 is 12.2 Å². The molecule has 35 heavy (non-hydrogen) atoms. The number of halogens is 1. The first-order chi connectivity index (χ1) is 17.0. The number of carbonyl (C=O) groups excluding carboxylic acids is 1. The third kappa shape index (κ3) is 6.10. The largest absolute Gasteiger partial charge is 0.396 e. The maximum absolute atomic E-state index is 15.2. The highest BCUT2D eigenvalue weighted by Gasteiger charge is 2.46. The Bertz CT molecular complexity index is 1130. The zero-order valence-corrected chi connectivity index (χ0v) is 20.6. The van der Waals surface area contributed by atoms with Crippen LogP contribution in [0, 0.1) is 11.7 Å². The number of hydrogen-bond donors (Lipinski definition) is 1. The summed E-state index contributed by atoms with van der Waals surface area (Å²) in [5.74, 6) is -0.579.